The number of nitrogens with zero attached hydrogens (tertiary/aromatic N) is 1. The lowest BCUT2D eigenvalue weighted by molar-refractivity contribution is 0.424. The highest BCUT2D eigenvalue weighted by molar-refractivity contribution is 8.00. The second-order valence-electron chi connectivity index (χ2n) is 4.13. The van der Waals surface area contributed by atoms with Gasteiger partial charge in [-0.05, 0) is 43.5 Å². The van der Waals surface area contributed by atoms with Gasteiger partial charge in [0.25, 0.3) is 0 Å². The molecule has 0 rings (SSSR count). The quantitative estimate of drug-likeness (QED) is 0.469. The molecule has 0 aliphatic heterocycles. The van der Waals surface area contributed by atoms with Crippen molar-refractivity contribution in [3.8, 4) is 0 Å². The minimum atomic E-state index is 0.752. The van der Waals surface area contributed by atoms with Crippen LogP contribution in [0.5, 0.6) is 0 Å². The zero-order valence-corrected chi connectivity index (χ0v) is 13.2. The Morgan fingerprint density at radius 1 is 1.35 bits per heavy atom. The van der Waals surface area contributed by atoms with Gasteiger partial charge in [-0.3, -0.25) is 0 Å². The van der Waals surface area contributed by atoms with Gasteiger partial charge in [0, 0.05) is 13.1 Å². The molecular weight excluding hydrogens is 226 g/mol. The lowest BCUT2D eigenvalue weighted by Gasteiger charge is -2.21. The summed E-state index contributed by atoms with van der Waals surface area (Å²) in [5, 5.41) is 0. The molecule has 0 aromatic rings. The van der Waals surface area contributed by atoms with Crippen molar-refractivity contribution in [2.24, 2.45) is 5.92 Å². The Bertz CT molecular complexity index is 229. The molecule has 0 aliphatic rings. The predicted octanol–water partition coefficient (Wildman–Crippen LogP) is 5.28. The number of rotatable bonds is 6. The molecule has 0 amide bonds. The summed E-state index contributed by atoms with van der Waals surface area (Å²) in [5.74, 6) is 0.752. The van der Waals surface area contributed by atoms with Gasteiger partial charge in [-0.25, -0.2) is 4.31 Å². The minimum absolute atomic E-state index is 0.752. The molecular formula is C15H29NS. The average molecular weight is 255 g/mol. The van der Waals surface area contributed by atoms with Crippen LogP contribution in [0.2, 0.25) is 0 Å². The van der Waals surface area contributed by atoms with Crippen molar-refractivity contribution < 1.29 is 0 Å². The molecule has 0 spiro atoms. The van der Waals surface area contributed by atoms with Crippen molar-refractivity contribution in [3.05, 3.63) is 35.8 Å². The summed E-state index contributed by atoms with van der Waals surface area (Å²) in [6, 6.07) is 0. The summed E-state index contributed by atoms with van der Waals surface area (Å²) in [6.45, 7) is 18.7. The van der Waals surface area contributed by atoms with Gasteiger partial charge in [0.15, 0.2) is 0 Å². The van der Waals surface area contributed by atoms with Crippen molar-refractivity contribution in [3.63, 3.8) is 0 Å². The first-order valence-electron chi connectivity index (χ1n) is 6.31. The maximum Gasteiger partial charge on any atom is 0.0115 e. The predicted molar refractivity (Wildman–Crippen MR) is 84.1 cm³/mol. The number of hydrogen-bond acceptors (Lipinski definition) is 2. The van der Waals surface area contributed by atoms with Crippen molar-refractivity contribution >= 4 is 11.9 Å². The lowest BCUT2D eigenvalue weighted by Crippen LogP contribution is -2.20. The van der Waals surface area contributed by atoms with Gasteiger partial charge < -0.3 is 0 Å². The van der Waals surface area contributed by atoms with Gasteiger partial charge in [-0.15, -0.1) is 0 Å². The third kappa shape index (κ3) is 15.5. The molecule has 0 saturated heterocycles. The molecule has 1 nitrogen and oxygen atoms in total. The van der Waals surface area contributed by atoms with Crippen molar-refractivity contribution in [2.75, 3.05) is 13.1 Å². The van der Waals surface area contributed by atoms with Crippen LogP contribution in [0.4, 0.5) is 0 Å². The molecule has 0 bridgehead atoms. The Kier molecular flexibility index (Phi) is 15.1. The maximum absolute atomic E-state index is 3.46. The van der Waals surface area contributed by atoms with E-state index in [0.29, 0.717) is 0 Å². The lowest BCUT2D eigenvalue weighted by atomic mass is 10.2. The normalized spacial score (nSPS) is 11.9. The van der Waals surface area contributed by atoms with Gasteiger partial charge >= 0.3 is 0 Å². The van der Waals surface area contributed by atoms with Crippen LogP contribution in [0.3, 0.4) is 0 Å². The first kappa shape index (κ1) is 18.9. The van der Waals surface area contributed by atoms with Gasteiger partial charge in [-0.2, -0.15) is 0 Å². The third-order valence-electron chi connectivity index (χ3n) is 1.93. The molecule has 100 valence electrons. The fourth-order valence-electron chi connectivity index (χ4n) is 1.03. The van der Waals surface area contributed by atoms with E-state index in [1.165, 1.54) is 11.4 Å². The van der Waals surface area contributed by atoms with Crippen LogP contribution in [0.1, 0.15) is 41.5 Å². The monoisotopic (exact) mass is 255 g/mol. The highest BCUT2D eigenvalue weighted by atomic mass is 32.2. The highest BCUT2D eigenvalue weighted by Gasteiger charge is 2.05. The maximum atomic E-state index is 3.46. The van der Waals surface area contributed by atoms with Crippen molar-refractivity contribution in [2.45, 2.75) is 41.5 Å². The van der Waals surface area contributed by atoms with Crippen LogP contribution < -0.4 is 0 Å². The highest BCUT2D eigenvalue weighted by Crippen LogP contribution is 2.20. The van der Waals surface area contributed by atoms with E-state index in [4.69, 9.17) is 0 Å². The SMILES string of the molecule is C/C=C(\C)SN(CC)CC(C)C.C=C/C=C\C. The largest absolute Gasteiger partial charge is 0.247 e. The molecule has 0 aromatic heterocycles. The fourth-order valence-corrected chi connectivity index (χ4v) is 2.05. The van der Waals surface area contributed by atoms with E-state index >= 15 is 0 Å². The first-order valence-corrected chi connectivity index (χ1v) is 7.08. The summed E-state index contributed by atoms with van der Waals surface area (Å²) < 4.78 is 2.40. The summed E-state index contributed by atoms with van der Waals surface area (Å²) in [7, 11) is 0. The van der Waals surface area contributed by atoms with Gasteiger partial charge in [-0.1, -0.05) is 51.7 Å². The van der Waals surface area contributed by atoms with Crippen LogP contribution in [0.25, 0.3) is 0 Å². The van der Waals surface area contributed by atoms with E-state index in [0.717, 1.165) is 12.5 Å². The van der Waals surface area contributed by atoms with Crippen molar-refractivity contribution in [1.82, 2.24) is 4.31 Å². The molecule has 0 fully saturated rings. The number of allylic oxidation sites excluding steroid dienone is 5. The smallest absolute Gasteiger partial charge is 0.0115 e. The minimum Gasteiger partial charge on any atom is -0.247 e. The first-order chi connectivity index (χ1) is 8.01. The summed E-state index contributed by atoms with van der Waals surface area (Å²) >= 11 is 1.87. The van der Waals surface area contributed by atoms with Gasteiger partial charge in [0.1, 0.15) is 0 Å². The van der Waals surface area contributed by atoms with Gasteiger partial charge in [0.2, 0.25) is 0 Å². The molecule has 0 heterocycles. The topological polar surface area (TPSA) is 3.24 Å². The second-order valence-corrected chi connectivity index (χ2v) is 5.47. The zero-order valence-electron chi connectivity index (χ0n) is 12.4. The summed E-state index contributed by atoms with van der Waals surface area (Å²) in [4.78, 5) is 1.39. The molecule has 0 N–H and O–H groups in total. The van der Waals surface area contributed by atoms with E-state index in [9.17, 15) is 0 Å². The van der Waals surface area contributed by atoms with Crippen LogP contribution >= 0.6 is 11.9 Å². The van der Waals surface area contributed by atoms with Crippen LogP contribution in [-0.4, -0.2) is 17.4 Å². The molecule has 0 aliphatic carbocycles. The second kappa shape index (κ2) is 13.6. The Labute approximate surface area is 113 Å². The van der Waals surface area contributed by atoms with Gasteiger partial charge in [0.05, 0.1) is 0 Å². The van der Waals surface area contributed by atoms with Crippen LogP contribution in [0.15, 0.2) is 35.8 Å². The zero-order chi connectivity index (χ0) is 13.7. The Hall–Kier alpha value is -0.470. The van der Waals surface area contributed by atoms with Crippen LogP contribution in [0, 0.1) is 5.92 Å². The Morgan fingerprint density at radius 2 is 1.94 bits per heavy atom. The standard InChI is InChI=1S/C10H21NS.C5H8/c1-6-10(5)12-11(7-2)8-9(3)4;1-3-5-4-2/h6,9H,7-8H2,1-5H3;3-5H,1H2,2H3/b10-6+;5-4-. The average Bonchev–Trinajstić information content (AvgIpc) is 2.29. The third-order valence-corrected chi connectivity index (χ3v) is 3.12. The fraction of sp³-hybridized carbons (Fsp3) is 0.600. The molecule has 17 heavy (non-hydrogen) atoms. The molecule has 0 saturated carbocycles. The van der Waals surface area contributed by atoms with E-state index in [-0.39, 0.29) is 0 Å². The molecule has 0 atom stereocenters. The van der Waals surface area contributed by atoms with E-state index < -0.39 is 0 Å². The van der Waals surface area contributed by atoms with E-state index in [2.05, 4.69) is 51.6 Å². The Balaban J connectivity index is 0. The van der Waals surface area contributed by atoms with Crippen molar-refractivity contribution in [1.29, 1.82) is 0 Å². The van der Waals surface area contributed by atoms with E-state index in [1.807, 2.05) is 31.0 Å². The number of hydrogen-bond donors (Lipinski definition) is 0. The molecule has 0 radical (unpaired) electrons. The van der Waals surface area contributed by atoms with Crippen LogP contribution in [-0.2, 0) is 0 Å². The Morgan fingerprint density at radius 3 is 2.18 bits per heavy atom. The molecule has 0 unspecified atom stereocenters. The van der Waals surface area contributed by atoms with E-state index in [1.54, 1.807) is 6.08 Å². The molecule has 2 heteroatoms. The summed E-state index contributed by atoms with van der Waals surface area (Å²) in [6.07, 6.45) is 7.74. The molecule has 0 aromatic carbocycles. The summed E-state index contributed by atoms with van der Waals surface area (Å²) in [5.41, 5.74) is 0.